The van der Waals surface area contributed by atoms with E-state index in [0.29, 0.717) is 19.3 Å². The molecule has 0 aliphatic heterocycles. The van der Waals surface area contributed by atoms with Crippen molar-refractivity contribution in [2.75, 3.05) is 0 Å². The van der Waals surface area contributed by atoms with E-state index in [4.69, 9.17) is 16.3 Å². The molecule has 0 aromatic heterocycles. The van der Waals surface area contributed by atoms with Gasteiger partial charge in [0.05, 0.1) is 12.2 Å². The molecule has 0 bridgehead atoms. The van der Waals surface area contributed by atoms with Crippen molar-refractivity contribution in [2.45, 2.75) is 70.1 Å². The van der Waals surface area contributed by atoms with Crippen LogP contribution < -0.4 is 0 Å². The Kier molecular flexibility index (Phi) is 7.71. The Bertz CT molecular complexity index is 356. The van der Waals surface area contributed by atoms with E-state index in [1.54, 1.807) is 6.92 Å². The summed E-state index contributed by atoms with van der Waals surface area (Å²) in [6.45, 7) is 5.16. The van der Waals surface area contributed by atoms with E-state index in [1.165, 1.54) is 6.92 Å². The Morgan fingerprint density at radius 3 is 2.62 bits per heavy atom. The molecular formula is C16H27ClO4. The van der Waals surface area contributed by atoms with Gasteiger partial charge in [-0.25, -0.2) is 0 Å². The fourth-order valence-corrected chi connectivity index (χ4v) is 3.12. The van der Waals surface area contributed by atoms with Crippen molar-refractivity contribution in [2.24, 2.45) is 11.8 Å². The van der Waals surface area contributed by atoms with Gasteiger partial charge >= 0.3 is 5.97 Å². The Balaban J connectivity index is 2.58. The number of hydrogen-bond donors (Lipinski definition) is 2. The van der Waals surface area contributed by atoms with E-state index >= 15 is 0 Å². The number of rotatable bonds is 7. The average molecular weight is 319 g/mol. The molecule has 5 heteroatoms. The summed E-state index contributed by atoms with van der Waals surface area (Å²) in [4.78, 5) is 11.2. The molecule has 1 fully saturated rings. The number of aliphatic hydroxyl groups is 2. The van der Waals surface area contributed by atoms with E-state index in [9.17, 15) is 15.0 Å². The molecule has 122 valence electrons. The number of aliphatic hydroxyl groups excluding tert-OH is 2. The van der Waals surface area contributed by atoms with Gasteiger partial charge in [0.15, 0.2) is 0 Å². The SMILES string of the molecule is CC(=O)O[C@H](/C=C/[C@@H]1[C@@H](C)[C@H](Cl)C[C@H]1O)CCC[C@@H](C)O. The quantitative estimate of drug-likeness (QED) is 0.430. The van der Waals surface area contributed by atoms with Crippen molar-refractivity contribution in [1.82, 2.24) is 0 Å². The van der Waals surface area contributed by atoms with Crippen LogP contribution in [-0.2, 0) is 9.53 Å². The van der Waals surface area contributed by atoms with E-state index in [1.807, 2.05) is 19.1 Å². The van der Waals surface area contributed by atoms with Crippen molar-refractivity contribution in [3.8, 4) is 0 Å². The first-order valence-electron chi connectivity index (χ1n) is 7.67. The number of carbonyl (C=O) groups excluding carboxylic acids is 1. The van der Waals surface area contributed by atoms with Gasteiger partial charge in [-0.1, -0.05) is 13.0 Å². The second kappa shape index (κ2) is 8.76. The Morgan fingerprint density at radius 2 is 2.14 bits per heavy atom. The monoisotopic (exact) mass is 318 g/mol. The van der Waals surface area contributed by atoms with Crippen molar-refractivity contribution in [3.05, 3.63) is 12.2 Å². The fraction of sp³-hybridized carbons (Fsp3) is 0.812. The average Bonchev–Trinajstić information content (AvgIpc) is 2.59. The molecule has 0 amide bonds. The van der Waals surface area contributed by atoms with Gasteiger partial charge in [0.2, 0.25) is 0 Å². The molecular weight excluding hydrogens is 292 g/mol. The van der Waals surface area contributed by atoms with Crippen LogP contribution in [0.1, 0.15) is 46.5 Å². The summed E-state index contributed by atoms with van der Waals surface area (Å²) in [6, 6.07) is 0. The molecule has 0 spiro atoms. The lowest BCUT2D eigenvalue weighted by Crippen LogP contribution is -2.19. The first kappa shape index (κ1) is 18.5. The van der Waals surface area contributed by atoms with Crippen molar-refractivity contribution in [3.63, 3.8) is 0 Å². The van der Waals surface area contributed by atoms with Gasteiger partial charge in [0.1, 0.15) is 6.10 Å². The molecule has 21 heavy (non-hydrogen) atoms. The van der Waals surface area contributed by atoms with Gasteiger partial charge in [0.25, 0.3) is 0 Å². The molecule has 1 saturated carbocycles. The van der Waals surface area contributed by atoms with Crippen molar-refractivity contribution >= 4 is 17.6 Å². The number of alkyl halides is 1. The minimum atomic E-state index is -0.436. The highest BCUT2D eigenvalue weighted by Gasteiger charge is 2.37. The Morgan fingerprint density at radius 1 is 1.48 bits per heavy atom. The summed E-state index contributed by atoms with van der Waals surface area (Å²) < 4.78 is 5.27. The molecule has 2 N–H and O–H groups in total. The van der Waals surface area contributed by atoms with E-state index in [-0.39, 0.29) is 35.4 Å². The van der Waals surface area contributed by atoms with Crippen molar-refractivity contribution in [1.29, 1.82) is 0 Å². The lowest BCUT2D eigenvalue weighted by molar-refractivity contribution is -0.144. The summed E-state index contributed by atoms with van der Waals surface area (Å²) >= 11 is 6.16. The zero-order valence-corrected chi connectivity index (χ0v) is 13.8. The van der Waals surface area contributed by atoms with Crippen LogP contribution >= 0.6 is 11.6 Å². The van der Waals surface area contributed by atoms with Crippen LogP contribution in [0.4, 0.5) is 0 Å². The maximum Gasteiger partial charge on any atom is 0.303 e. The van der Waals surface area contributed by atoms with Crippen LogP contribution in [0.15, 0.2) is 12.2 Å². The first-order chi connectivity index (χ1) is 9.81. The largest absolute Gasteiger partial charge is 0.458 e. The van der Waals surface area contributed by atoms with Gasteiger partial charge in [-0.15, -0.1) is 11.6 Å². The smallest absolute Gasteiger partial charge is 0.303 e. The zero-order chi connectivity index (χ0) is 16.0. The van der Waals surface area contributed by atoms with Gasteiger partial charge in [-0.3, -0.25) is 4.79 Å². The third kappa shape index (κ3) is 6.37. The molecule has 0 heterocycles. The number of esters is 1. The number of carbonyl (C=O) groups is 1. The number of hydrogen-bond acceptors (Lipinski definition) is 4. The molecule has 0 aromatic rings. The summed E-state index contributed by atoms with van der Waals surface area (Å²) in [6.07, 6.45) is 5.40. The molecule has 0 saturated heterocycles. The summed E-state index contributed by atoms with van der Waals surface area (Å²) in [5.41, 5.74) is 0. The van der Waals surface area contributed by atoms with Crippen LogP contribution in [0.5, 0.6) is 0 Å². The lowest BCUT2D eigenvalue weighted by atomic mass is 9.95. The number of ether oxygens (including phenoxy) is 1. The molecule has 6 atom stereocenters. The normalized spacial score (nSPS) is 32.3. The molecule has 1 rings (SSSR count). The topological polar surface area (TPSA) is 66.8 Å². The minimum absolute atomic E-state index is 0.00215. The number of halogens is 1. The highest BCUT2D eigenvalue weighted by Crippen LogP contribution is 2.36. The standard InChI is InChI=1S/C16H27ClO4/c1-10(18)5-4-6-13(21-12(3)19)7-8-14-11(2)15(17)9-16(14)20/h7-8,10-11,13-16,18,20H,4-6,9H2,1-3H3/b8-7+/t10-,11-,13+,14-,15-,16-/m1/s1. The predicted octanol–water partition coefficient (Wildman–Crippen LogP) is 2.65. The van der Waals surface area contributed by atoms with Crippen LogP contribution in [0.25, 0.3) is 0 Å². The van der Waals surface area contributed by atoms with Crippen molar-refractivity contribution < 1.29 is 19.7 Å². The third-order valence-electron chi connectivity index (χ3n) is 4.06. The Labute approximate surface area is 132 Å². The molecule has 1 aliphatic rings. The molecule has 0 aromatic carbocycles. The molecule has 0 unspecified atom stereocenters. The second-order valence-electron chi connectivity index (χ2n) is 6.07. The molecule has 4 nitrogen and oxygen atoms in total. The predicted molar refractivity (Wildman–Crippen MR) is 83.1 cm³/mol. The minimum Gasteiger partial charge on any atom is -0.458 e. The fourth-order valence-electron chi connectivity index (χ4n) is 2.77. The summed E-state index contributed by atoms with van der Waals surface area (Å²) in [5, 5.41) is 19.3. The molecule has 0 radical (unpaired) electrons. The Hall–Kier alpha value is -0.580. The van der Waals surface area contributed by atoms with Crippen LogP contribution in [0.2, 0.25) is 0 Å². The maximum atomic E-state index is 11.2. The van der Waals surface area contributed by atoms with Crippen LogP contribution in [0, 0.1) is 11.8 Å². The van der Waals surface area contributed by atoms with E-state index < -0.39 is 6.10 Å². The lowest BCUT2D eigenvalue weighted by Gasteiger charge is -2.18. The summed E-state index contributed by atoms with van der Waals surface area (Å²) in [7, 11) is 0. The van der Waals surface area contributed by atoms with Crippen LogP contribution in [0.3, 0.4) is 0 Å². The van der Waals surface area contributed by atoms with E-state index in [0.717, 1.165) is 6.42 Å². The van der Waals surface area contributed by atoms with E-state index in [2.05, 4.69) is 0 Å². The second-order valence-corrected chi connectivity index (χ2v) is 6.63. The summed E-state index contributed by atoms with van der Waals surface area (Å²) in [5.74, 6) is -0.118. The highest BCUT2D eigenvalue weighted by molar-refractivity contribution is 6.21. The van der Waals surface area contributed by atoms with Gasteiger partial charge in [-0.2, -0.15) is 0 Å². The van der Waals surface area contributed by atoms with Gasteiger partial charge in [0, 0.05) is 18.2 Å². The highest BCUT2D eigenvalue weighted by atomic mass is 35.5. The first-order valence-corrected chi connectivity index (χ1v) is 8.10. The zero-order valence-electron chi connectivity index (χ0n) is 13.0. The van der Waals surface area contributed by atoms with Gasteiger partial charge in [-0.05, 0) is 44.6 Å². The maximum absolute atomic E-state index is 11.2. The third-order valence-corrected chi connectivity index (χ3v) is 4.64. The van der Waals surface area contributed by atoms with Gasteiger partial charge < -0.3 is 14.9 Å². The van der Waals surface area contributed by atoms with Crippen LogP contribution in [-0.4, -0.2) is 39.9 Å². The molecule has 1 aliphatic carbocycles.